The zero-order valence-corrected chi connectivity index (χ0v) is 16.3. The highest BCUT2D eigenvalue weighted by atomic mass is 32.2. The molecule has 0 aliphatic heterocycles. The standard InChI is InChI=1S/C21H32O2S/c1-20-10-8-15(22)12-14(20)4-5-16-17-6-7-19(23-13-24-3)21(17,2)11-9-18(16)20/h12,16-19H,4-11,13H2,1-3H3/t16-,17-,18-,19-,20-,21-/m0/s1. The van der Waals surface area contributed by atoms with E-state index in [1.807, 2.05) is 6.08 Å². The van der Waals surface area contributed by atoms with Gasteiger partial charge in [-0.1, -0.05) is 19.4 Å². The minimum atomic E-state index is 0.302. The Morgan fingerprint density at radius 1 is 1.12 bits per heavy atom. The van der Waals surface area contributed by atoms with Gasteiger partial charge in [0.2, 0.25) is 0 Å². The van der Waals surface area contributed by atoms with Crippen LogP contribution in [0.2, 0.25) is 0 Å². The first-order valence-electron chi connectivity index (χ1n) is 9.83. The Labute approximate surface area is 151 Å². The highest BCUT2D eigenvalue weighted by molar-refractivity contribution is 7.98. The van der Waals surface area contributed by atoms with Gasteiger partial charge >= 0.3 is 0 Å². The molecule has 3 heteroatoms. The molecule has 3 saturated carbocycles. The van der Waals surface area contributed by atoms with Crippen LogP contribution in [0.5, 0.6) is 0 Å². The van der Waals surface area contributed by atoms with Gasteiger partial charge in [0.1, 0.15) is 0 Å². The van der Waals surface area contributed by atoms with E-state index in [0.717, 1.165) is 43.0 Å². The molecule has 0 heterocycles. The molecule has 4 aliphatic carbocycles. The Balaban J connectivity index is 1.59. The summed E-state index contributed by atoms with van der Waals surface area (Å²) in [6.45, 7) is 4.99. The molecule has 0 spiro atoms. The molecule has 4 aliphatic rings. The predicted octanol–water partition coefficient (Wildman–Crippen LogP) is 5.22. The predicted molar refractivity (Wildman–Crippen MR) is 100.0 cm³/mol. The molecule has 0 saturated heterocycles. The summed E-state index contributed by atoms with van der Waals surface area (Å²) in [5, 5.41) is 0. The molecule has 0 radical (unpaired) electrons. The van der Waals surface area contributed by atoms with Gasteiger partial charge in [-0.25, -0.2) is 0 Å². The minimum absolute atomic E-state index is 0.302. The number of ether oxygens (including phenoxy) is 1. The van der Waals surface area contributed by atoms with Gasteiger partial charge in [-0.3, -0.25) is 4.79 Å². The first-order chi connectivity index (χ1) is 11.5. The van der Waals surface area contributed by atoms with Crippen LogP contribution in [-0.4, -0.2) is 24.1 Å². The summed E-state index contributed by atoms with van der Waals surface area (Å²) in [5.74, 6) is 3.69. The van der Waals surface area contributed by atoms with Crippen LogP contribution in [-0.2, 0) is 9.53 Å². The Morgan fingerprint density at radius 3 is 2.75 bits per heavy atom. The van der Waals surface area contributed by atoms with Crippen molar-refractivity contribution in [2.45, 2.75) is 71.3 Å². The molecule has 0 amide bonds. The Kier molecular flexibility index (Phi) is 4.40. The number of ketones is 1. The third-order valence-electron chi connectivity index (χ3n) is 8.26. The maximum absolute atomic E-state index is 11.9. The van der Waals surface area contributed by atoms with Crippen molar-refractivity contribution in [3.63, 3.8) is 0 Å². The molecule has 24 heavy (non-hydrogen) atoms. The SMILES string of the molecule is CSCO[C@H]1CC[C@H]2[C@@H]3CCC4=CC(=O)CC[C@]4(C)[C@H]3CC[C@]12C. The summed E-state index contributed by atoms with van der Waals surface area (Å²) in [4.78, 5) is 11.9. The fraction of sp³-hybridized carbons (Fsp3) is 0.857. The quantitative estimate of drug-likeness (QED) is 0.654. The lowest BCUT2D eigenvalue weighted by Crippen LogP contribution is -2.51. The normalized spacial score (nSPS) is 47.6. The van der Waals surface area contributed by atoms with Crippen molar-refractivity contribution in [3.05, 3.63) is 11.6 Å². The van der Waals surface area contributed by atoms with E-state index in [-0.39, 0.29) is 0 Å². The van der Waals surface area contributed by atoms with Gasteiger partial charge in [-0.15, -0.1) is 11.8 Å². The van der Waals surface area contributed by atoms with Gasteiger partial charge in [-0.2, -0.15) is 0 Å². The van der Waals surface area contributed by atoms with Crippen molar-refractivity contribution in [2.24, 2.45) is 28.6 Å². The second kappa shape index (κ2) is 6.16. The lowest BCUT2D eigenvalue weighted by Gasteiger charge is -2.58. The molecular formula is C21H32O2S. The van der Waals surface area contributed by atoms with E-state index < -0.39 is 0 Å². The third kappa shape index (κ3) is 2.45. The number of allylic oxidation sites excluding steroid dienone is 1. The van der Waals surface area contributed by atoms with E-state index in [0.29, 0.717) is 22.7 Å². The van der Waals surface area contributed by atoms with E-state index in [1.54, 1.807) is 11.8 Å². The monoisotopic (exact) mass is 348 g/mol. The Morgan fingerprint density at radius 2 is 1.96 bits per heavy atom. The largest absolute Gasteiger partial charge is 0.367 e. The number of thioether (sulfide) groups is 1. The van der Waals surface area contributed by atoms with Crippen molar-refractivity contribution in [1.29, 1.82) is 0 Å². The Bertz CT molecular complexity index is 556. The maximum atomic E-state index is 11.9. The van der Waals surface area contributed by atoms with E-state index >= 15 is 0 Å². The lowest BCUT2D eigenvalue weighted by atomic mass is 9.47. The van der Waals surface area contributed by atoms with Crippen LogP contribution in [0.15, 0.2) is 11.6 Å². The van der Waals surface area contributed by atoms with Crippen molar-refractivity contribution in [3.8, 4) is 0 Å². The molecule has 0 bridgehead atoms. The number of hydrogen-bond donors (Lipinski definition) is 0. The summed E-state index contributed by atoms with van der Waals surface area (Å²) in [5.41, 5.74) is 2.17. The van der Waals surface area contributed by atoms with Crippen molar-refractivity contribution in [2.75, 3.05) is 12.2 Å². The average Bonchev–Trinajstić information content (AvgIpc) is 2.90. The van der Waals surface area contributed by atoms with E-state index in [2.05, 4.69) is 20.1 Å². The van der Waals surface area contributed by atoms with Crippen molar-refractivity contribution >= 4 is 17.5 Å². The van der Waals surface area contributed by atoms with Gasteiger partial charge < -0.3 is 4.74 Å². The third-order valence-corrected chi connectivity index (χ3v) is 8.63. The molecule has 0 aromatic carbocycles. The van der Waals surface area contributed by atoms with Crippen LogP contribution in [0.3, 0.4) is 0 Å². The zero-order chi connectivity index (χ0) is 16.9. The highest BCUT2D eigenvalue weighted by Crippen LogP contribution is 2.65. The van der Waals surface area contributed by atoms with Crippen LogP contribution in [0, 0.1) is 28.6 Å². The molecular weight excluding hydrogens is 316 g/mol. The summed E-state index contributed by atoms with van der Waals surface area (Å²) >= 11 is 1.80. The Hall–Kier alpha value is -0.280. The molecule has 0 aromatic heterocycles. The molecule has 134 valence electrons. The summed E-state index contributed by atoms with van der Waals surface area (Å²) in [6, 6.07) is 0. The van der Waals surface area contributed by atoms with Crippen LogP contribution in [0.1, 0.15) is 65.2 Å². The van der Waals surface area contributed by atoms with Gasteiger partial charge in [0.05, 0.1) is 12.0 Å². The number of fused-ring (bicyclic) bond motifs is 5. The molecule has 0 unspecified atom stereocenters. The van der Waals surface area contributed by atoms with Gasteiger partial charge in [-0.05, 0) is 85.9 Å². The summed E-state index contributed by atoms with van der Waals surface area (Å²) < 4.78 is 6.26. The van der Waals surface area contributed by atoms with Crippen LogP contribution in [0.4, 0.5) is 0 Å². The second-order valence-electron chi connectivity index (χ2n) is 9.15. The van der Waals surface area contributed by atoms with E-state index in [9.17, 15) is 4.79 Å². The lowest BCUT2D eigenvalue weighted by molar-refractivity contribution is -0.118. The first kappa shape index (κ1) is 17.1. The fourth-order valence-corrected chi connectivity index (χ4v) is 7.24. The van der Waals surface area contributed by atoms with E-state index in [4.69, 9.17) is 4.74 Å². The minimum Gasteiger partial charge on any atom is -0.367 e. The number of rotatable bonds is 3. The van der Waals surface area contributed by atoms with Gasteiger partial charge in [0.25, 0.3) is 0 Å². The molecule has 3 fully saturated rings. The number of carbonyl (C=O) groups is 1. The van der Waals surface area contributed by atoms with Gasteiger partial charge in [0, 0.05) is 6.42 Å². The molecule has 0 N–H and O–H groups in total. The van der Waals surface area contributed by atoms with Crippen molar-refractivity contribution < 1.29 is 9.53 Å². The summed E-state index contributed by atoms with van der Waals surface area (Å²) in [6.07, 6.45) is 14.2. The molecule has 4 rings (SSSR count). The number of carbonyl (C=O) groups excluding carboxylic acids is 1. The van der Waals surface area contributed by atoms with Crippen LogP contribution >= 0.6 is 11.8 Å². The van der Waals surface area contributed by atoms with E-state index in [1.165, 1.54) is 37.7 Å². The fourth-order valence-electron chi connectivity index (χ4n) is 6.94. The maximum Gasteiger partial charge on any atom is 0.155 e. The van der Waals surface area contributed by atoms with Crippen molar-refractivity contribution in [1.82, 2.24) is 0 Å². The average molecular weight is 349 g/mol. The zero-order valence-electron chi connectivity index (χ0n) is 15.5. The van der Waals surface area contributed by atoms with Crippen LogP contribution < -0.4 is 0 Å². The highest BCUT2D eigenvalue weighted by Gasteiger charge is 2.59. The molecule has 2 nitrogen and oxygen atoms in total. The van der Waals surface area contributed by atoms with Gasteiger partial charge in [0.15, 0.2) is 5.78 Å². The topological polar surface area (TPSA) is 26.3 Å². The first-order valence-corrected chi connectivity index (χ1v) is 11.2. The smallest absolute Gasteiger partial charge is 0.155 e. The second-order valence-corrected chi connectivity index (χ2v) is 9.97. The molecule has 0 aromatic rings. The summed E-state index contributed by atoms with van der Waals surface area (Å²) in [7, 11) is 0. The number of hydrogen-bond acceptors (Lipinski definition) is 3. The van der Waals surface area contributed by atoms with Crippen LogP contribution in [0.25, 0.3) is 0 Å². The molecule has 6 atom stereocenters.